The summed E-state index contributed by atoms with van der Waals surface area (Å²) >= 11 is 0. The van der Waals surface area contributed by atoms with E-state index in [4.69, 9.17) is 4.74 Å². The third-order valence-electron chi connectivity index (χ3n) is 5.76. The Balaban J connectivity index is 1.99. The van der Waals surface area contributed by atoms with Gasteiger partial charge in [-0.05, 0) is 50.7 Å². The lowest BCUT2D eigenvalue weighted by molar-refractivity contribution is 0.0733. The lowest BCUT2D eigenvalue weighted by Crippen LogP contribution is -2.49. The van der Waals surface area contributed by atoms with Gasteiger partial charge >= 0.3 is 0 Å². The molecule has 0 fully saturated rings. The summed E-state index contributed by atoms with van der Waals surface area (Å²) in [4.78, 5) is 6.32. The number of sulfonamides is 1. The molecule has 1 aliphatic heterocycles. The molecular formula is C25H33N3O5S. The van der Waals surface area contributed by atoms with Crippen molar-refractivity contribution in [1.29, 1.82) is 0 Å². The van der Waals surface area contributed by atoms with Crippen LogP contribution in [0.15, 0.2) is 47.6 Å². The van der Waals surface area contributed by atoms with Gasteiger partial charge in [-0.15, -0.1) is 0 Å². The molecule has 34 heavy (non-hydrogen) atoms. The van der Waals surface area contributed by atoms with Gasteiger partial charge in [-0.3, -0.25) is 9.88 Å². The Hall–Kier alpha value is -2.48. The number of nitrogens with zero attached hydrogens (tertiary/aromatic N) is 3. The van der Waals surface area contributed by atoms with Crippen LogP contribution in [-0.2, 0) is 16.6 Å². The Labute approximate surface area is 202 Å². The Bertz CT molecular complexity index is 1130. The first-order chi connectivity index (χ1) is 16.1. The lowest BCUT2D eigenvalue weighted by Gasteiger charge is -2.37. The third kappa shape index (κ3) is 6.34. The van der Waals surface area contributed by atoms with Gasteiger partial charge in [0.2, 0.25) is 10.0 Å². The Morgan fingerprint density at radius 3 is 2.74 bits per heavy atom. The molecule has 2 N–H and O–H groups in total. The van der Waals surface area contributed by atoms with Gasteiger partial charge in [0.15, 0.2) is 0 Å². The molecule has 1 aliphatic rings. The highest BCUT2D eigenvalue weighted by Gasteiger charge is 2.38. The van der Waals surface area contributed by atoms with Crippen LogP contribution >= 0.6 is 0 Å². The quantitative estimate of drug-likeness (QED) is 0.598. The predicted molar refractivity (Wildman–Crippen MR) is 130 cm³/mol. The zero-order chi connectivity index (χ0) is 24.9. The third-order valence-corrected chi connectivity index (χ3v) is 7.78. The van der Waals surface area contributed by atoms with Gasteiger partial charge in [0.05, 0.1) is 6.61 Å². The second kappa shape index (κ2) is 11.3. The van der Waals surface area contributed by atoms with Gasteiger partial charge in [0.25, 0.3) is 0 Å². The number of pyridine rings is 1. The molecule has 3 rings (SSSR count). The Kier molecular flexibility index (Phi) is 8.68. The van der Waals surface area contributed by atoms with Crippen LogP contribution in [-0.4, -0.2) is 77.8 Å². The average molecular weight is 488 g/mol. The molecule has 0 unspecified atom stereocenters. The first-order valence-electron chi connectivity index (χ1n) is 11.3. The number of aliphatic hydroxyl groups is 2. The summed E-state index contributed by atoms with van der Waals surface area (Å²) in [5.74, 6) is 5.60. The minimum absolute atomic E-state index is 0.0437. The first kappa shape index (κ1) is 26.1. The SMILES string of the molecule is C[C@H](O)C#Cc1ccc2c(c1)O[C@H](CN(C)Cc1cccnc1)[C@H](C)CN([C@@H](C)CO)S2(=O)=O. The maximum Gasteiger partial charge on any atom is 0.247 e. The number of likely N-dealkylation sites (N-methyl/N-ethyl adjacent to an activating group) is 1. The van der Waals surface area contributed by atoms with Crippen molar-refractivity contribution in [2.75, 3.05) is 26.7 Å². The minimum Gasteiger partial charge on any atom is -0.487 e. The van der Waals surface area contributed by atoms with Crippen molar-refractivity contribution in [1.82, 2.24) is 14.2 Å². The smallest absolute Gasteiger partial charge is 0.247 e. The Morgan fingerprint density at radius 2 is 2.09 bits per heavy atom. The molecule has 0 aliphatic carbocycles. The lowest BCUT2D eigenvalue weighted by atomic mass is 10.0. The molecule has 0 saturated heterocycles. The van der Waals surface area contributed by atoms with E-state index >= 15 is 0 Å². The summed E-state index contributed by atoms with van der Waals surface area (Å²) in [5.41, 5.74) is 1.62. The van der Waals surface area contributed by atoms with Crippen LogP contribution < -0.4 is 4.74 Å². The van der Waals surface area contributed by atoms with E-state index in [2.05, 4.69) is 21.7 Å². The highest BCUT2D eigenvalue weighted by atomic mass is 32.2. The number of aliphatic hydroxyl groups excluding tert-OH is 2. The van der Waals surface area contributed by atoms with E-state index in [1.807, 2.05) is 32.3 Å². The fourth-order valence-corrected chi connectivity index (χ4v) is 5.71. The van der Waals surface area contributed by atoms with Crippen LogP contribution in [0.1, 0.15) is 31.9 Å². The Morgan fingerprint density at radius 1 is 1.32 bits per heavy atom. The summed E-state index contributed by atoms with van der Waals surface area (Å²) < 4.78 is 34.7. The molecule has 8 nitrogen and oxygen atoms in total. The standard InChI is InChI=1S/C25H33N3O5S/c1-18-14-28(19(2)17-29)34(31,32)25-10-9-21(8-7-20(3)30)12-23(25)33-24(18)16-27(4)15-22-6-5-11-26-13-22/h5-6,9-13,18-20,24,29-30H,14-17H2,1-4H3/t18-,19+,20+,24-/m1/s1. The van der Waals surface area contributed by atoms with E-state index in [-0.39, 0.29) is 35.8 Å². The molecule has 1 aromatic heterocycles. The molecule has 0 spiro atoms. The highest BCUT2D eigenvalue weighted by molar-refractivity contribution is 7.89. The van der Waals surface area contributed by atoms with Crippen LogP contribution in [0.5, 0.6) is 5.75 Å². The first-order valence-corrected chi connectivity index (χ1v) is 12.8. The van der Waals surface area contributed by atoms with Crippen molar-refractivity contribution in [3.8, 4) is 17.6 Å². The van der Waals surface area contributed by atoms with Gasteiger partial charge in [0.1, 0.15) is 22.9 Å². The molecular weight excluding hydrogens is 454 g/mol. The van der Waals surface area contributed by atoms with Gasteiger partial charge < -0.3 is 14.9 Å². The van der Waals surface area contributed by atoms with E-state index in [0.29, 0.717) is 18.7 Å². The van der Waals surface area contributed by atoms with Crippen molar-refractivity contribution < 1.29 is 23.4 Å². The number of fused-ring (bicyclic) bond motifs is 1. The summed E-state index contributed by atoms with van der Waals surface area (Å²) in [6.07, 6.45) is 2.43. The second-order valence-corrected chi connectivity index (χ2v) is 10.8. The van der Waals surface area contributed by atoms with Gasteiger partial charge in [-0.1, -0.05) is 24.8 Å². The van der Waals surface area contributed by atoms with Crippen LogP contribution in [0, 0.1) is 17.8 Å². The topological polar surface area (TPSA) is 103 Å². The number of hydrogen-bond acceptors (Lipinski definition) is 7. The van der Waals surface area contributed by atoms with Crippen molar-refractivity contribution in [2.24, 2.45) is 5.92 Å². The largest absolute Gasteiger partial charge is 0.487 e. The summed E-state index contributed by atoms with van der Waals surface area (Å²) in [6.45, 7) is 6.37. The molecule has 0 saturated carbocycles. The monoisotopic (exact) mass is 487 g/mol. The molecule has 0 amide bonds. The molecule has 9 heteroatoms. The fraction of sp³-hybridized carbons (Fsp3) is 0.480. The number of benzene rings is 1. The average Bonchev–Trinajstić information content (AvgIpc) is 2.80. The molecule has 184 valence electrons. The zero-order valence-corrected chi connectivity index (χ0v) is 20.9. The number of rotatable bonds is 6. The van der Waals surface area contributed by atoms with Crippen LogP contribution in [0.3, 0.4) is 0 Å². The maximum atomic E-state index is 13.5. The number of hydrogen-bond donors (Lipinski definition) is 2. The summed E-state index contributed by atoms with van der Waals surface area (Å²) in [6, 6.07) is 8.01. The van der Waals surface area contributed by atoms with Crippen LogP contribution in [0.2, 0.25) is 0 Å². The summed E-state index contributed by atoms with van der Waals surface area (Å²) in [5, 5.41) is 19.3. The maximum absolute atomic E-state index is 13.5. The van der Waals surface area contributed by atoms with Gasteiger partial charge in [-0.25, -0.2) is 8.42 Å². The second-order valence-electron chi connectivity index (χ2n) is 8.90. The van der Waals surface area contributed by atoms with Crippen LogP contribution in [0.4, 0.5) is 0 Å². The molecule has 4 atom stereocenters. The number of ether oxygens (including phenoxy) is 1. The van der Waals surface area contributed by atoms with Crippen molar-refractivity contribution in [2.45, 2.75) is 50.5 Å². The molecule has 1 aromatic carbocycles. The zero-order valence-electron chi connectivity index (χ0n) is 20.0. The molecule has 2 aromatic rings. The molecule has 0 bridgehead atoms. The van der Waals surface area contributed by atoms with Crippen LogP contribution in [0.25, 0.3) is 0 Å². The molecule has 2 heterocycles. The van der Waals surface area contributed by atoms with Crippen molar-refractivity contribution in [3.05, 3.63) is 53.9 Å². The number of aromatic nitrogens is 1. The predicted octanol–water partition coefficient (Wildman–Crippen LogP) is 1.71. The highest BCUT2D eigenvalue weighted by Crippen LogP contribution is 2.34. The van der Waals surface area contributed by atoms with Crippen molar-refractivity contribution in [3.63, 3.8) is 0 Å². The normalized spacial score (nSPS) is 21.9. The van der Waals surface area contributed by atoms with E-state index in [0.717, 1.165) is 5.56 Å². The van der Waals surface area contributed by atoms with E-state index < -0.39 is 22.2 Å². The van der Waals surface area contributed by atoms with Crippen molar-refractivity contribution >= 4 is 10.0 Å². The minimum atomic E-state index is -3.91. The van der Waals surface area contributed by atoms with E-state index in [1.165, 1.54) is 10.4 Å². The van der Waals surface area contributed by atoms with Gasteiger partial charge in [0, 0.05) is 49.6 Å². The fourth-order valence-electron chi connectivity index (χ4n) is 3.88. The molecule has 0 radical (unpaired) electrons. The summed E-state index contributed by atoms with van der Waals surface area (Å²) in [7, 11) is -1.92. The van der Waals surface area contributed by atoms with E-state index in [9.17, 15) is 18.6 Å². The van der Waals surface area contributed by atoms with E-state index in [1.54, 1.807) is 32.2 Å². The van der Waals surface area contributed by atoms with Gasteiger partial charge in [-0.2, -0.15) is 4.31 Å².